The normalized spacial score (nSPS) is 10.6. The fraction of sp³-hybridized carbons (Fsp3) is 0.625. The summed E-state index contributed by atoms with van der Waals surface area (Å²) in [4.78, 5) is 31.7. The number of hydrogen-bond donors (Lipinski definition) is 0. The van der Waals surface area contributed by atoms with Crippen LogP contribution in [0.4, 0.5) is 0 Å². The molecule has 0 bridgehead atoms. The van der Waals surface area contributed by atoms with E-state index in [1.807, 2.05) is 63.4 Å². The van der Waals surface area contributed by atoms with Gasteiger partial charge in [-0.25, -0.2) is 14.4 Å². The molecule has 0 aliphatic heterocycles. The lowest BCUT2D eigenvalue weighted by molar-refractivity contribution is -0.870. The van der Waals surface area contributed by atoms with E-state index in [-0.39, 0.29) is 30.3 Å². The Balaban J connectivity index is -0.000000135. The van der Waals surface area contributed by atoms with Crippen LogP contribution >= 0.6 is 0 Å². The summed E-state index contributed by atoms with van der Waals surface area (Å²) in [6.07, 6.45) is 3.53. The van der Waals surface area contributed by atoms with E-state index in [0.29, 0.717) is 19.8 Å². The van der Waals surface area contributed by atoms with E-state index in [1.54, 1.807) is 0 Å². The number of rotatable bonds is 12. The molecule has 0 spiro atoms. The van der Waals surface area contributed by atoms with Gasteiger partial charge in [0.1, 0.15) is 39.5 Å². The van der Waals surface area contributed by atoms with Gasteiger partial charge in [0.2, 0.25) is 0 Å². The third-order valence-corrected chi connectivity index (χ3v) is 3.52. The molecule has 0 unspecified atom stereocenters. The Morgan fingerprint density at radius 1 is 0.590 bits per heavy atom. The van der Waals surface area contributed by atoms with Crippen LogP contribution in [0.2, 0.25) is 0 Å². The van der Waals surface area contributed by atoms with E-state index in [4.69, 9.17) is 31.7 Å². The molecule has 0 rings (SSSR count). The van der Waals surface area contributed by atoms with Gasteiger partial charge in [-0.05, 0) is 0 Å². The summed E-state index contributed by atoms with van der Waals surface area (Å²) < 4.78 is 50.9. The van der Waals surface area contributed by atoms with Gasteiger partial charge in [0.25, 0.3) is 0 Å². The second-order valence-electron chi connectivity index (χ2n) is 10.6. The minimum Gasteiger partial charge on any atom is -1.00 e. The number of halogens is 1. The Hall–Kier alpha value is -2.33. The first-order valence-corrected chi connectivity index (χ1v) is 12.7. The molecule has 0 aromatic rings. The molecule has 0 atom stereocenters. The highest BCUT2D eigenvalue weighted by atomic mass is 35.5. The first kappa shape index (κ1) is 46.5. The van der Waals surface area contributed by atoms with E-state index < -0.39 is 10.4 Å². The molecule has 0 aromatic heterocycles. The largest absolute Gasteiger partial charge is 1.00 e. The number of hydrogen-bond acceptors (Lipinski definition) is 10. The third-order valence-electron chi connectivity index (χ3n) is 3.52. The number of nitrogens with zero attached hydrogens (tertiary/aromatic N) is 3. The highest BCUT2D eigenvalue weighted by Gasteiger charge is 2.08. The van der Waals surface area contributed by atoms with E-state index in [9.17, 15) is 14.4 Å². The summed E-state index contributed by atoms with van der Waals surface area (Å²) >= 11 is 0. The van der Waals surface area contributed by atoms with E-state index in [0.717, 1.165) is 33.1 Å². The molecule has 13 nitrogen and oxygen atoms in total. The lowest BCUT2D eigenvalue weighted by atomic mass is 10.5. The summed E-state index contributed by atoms with van der Waals surface area (Å²) in [5, 5.41) is 0. The highest BCUT2D eigenvalue weighted by Crippen LogP contribution is 1.91. The third kappa shape index (κ3) is 66.4. The van der Waals surface area contributed by atoms with Gasteiger partial charge in [0.05, 0.1) is 63.4 Å². The number of ether oxygens (including phenoxy) is 3. The number of carbonyl (C=O) groups is 3. The standard InChI is InChI=1S/3C8H16NO2.ClH.H2O4S/c3*1-5-8(10)11-7-6-9(2,3)4;;1-5(2,3)4/h3*5H,1,6-7H2,2-4H3;1H;(H2,1,2,3,4)/q3*+1;;/p-3. The molecule has 0 aliphatic carbocycles. The van der Waals surface area contributed by atoms with E-state index in [2.05, 4.69) is 19.7 Å². The van der Waals surface area contributed by atoms with Crippen molar-refractivity contribution in [3.05, 3.63) is 38.0 Å². The van der Waals surface area contributed by atoms with Crippen molar-refractivity contribution >= 4 is 28.3 Å². The van der Waals surface area contributed by atoms with Crippen LogP contribution in [-0.4, -0.2) is 152 Å². The molecule has 0 N–H and O–H groups in total. The second kappa shape index (κ2) is 23.5. The zero-order chi connectivity index (χ0) is 31.2. The fourth-order valence-electron chi connectivity index (χ4n) is 1.44. The van der Waals surface area contributed by atoms with Crippen LogP contribution in [0.25, 0.3) is 0 Å². The lowest BCUT2D eigenvalue weighted by Gasteiger charge is -2.23. The summed E-state index contributed by atoms with van der Waals surface area (Å²) in [6.45, 7) is 13.7. The summed E-state index contributed by atoms with van der Waals surface area (Å²) in [6, 6.07) is 0. The maximum absolute atomic E-state index is 10.6. The fourth-order valence-corrected chi connectivity index (χ4v) is 1.44. The summed E-state index contributed by atoms with van der Waals surface area (Å²) in [5.74, 6) is -1.05. The van der Waals surface area contributed by atoms with Crippen LogP contribution < -0.4 is 12.4 Å². The molecule has 0 saturated carbocycles. The van der Waals surface area contributed by atoms with Gasteiger partial charge in [-0.2, -0.15) is 0 Å². The van der Waals surface area contributed by atoms with Gasteiger partial charge in [-0.3, -0.25) is 8.42 Å². The topological polar surface area (TPSA) is 159 Å². The Labute approximate surface area is 241 Å². The molecule has 232 valence electrons. The van der Waals surface area contributed by atoms with Crippen molar-refractivity contribution in [1.82, 2.24) is 0 Å². The molecule has 0 amide bonds. The molecule has 0 fully saturated rings. The molecule has 0 saturated heterocycles. The lowest BCUT2D eigenvalue weighted by Crippen LogP contribution is -3.00. The number of quaternary nitrogens is 3. The molecule has 0 aliphatic rings. The van der Waals surface area contributed by atoms with Gasteiger partial charge in [-0.15, -0.1) is 0 Å². The predicted molar refractivity (Wildman–Crippen MR) is 143 cm³/mol. The SMILES string of the molecule is C=CC(=O)OCC[N+](C)(C)C.C=CC(=O)OCC[N+](C)(C)C.C=CC(=O)OCC[N+](C)(C)C.O=S(=O)([O-])[O-].[Cl-]. The van der Waals surface area contributed by atoms with Gasteiger partial charge < -0.3 is 49.2 Å². The van der Waals surface area contributed by atoms with Crippen LogP contribution in [0.5, 0.6) is 0 Å². The minimum absolute atomic E-state index is 0. The van der Waals surface area contributed by atoms with Crippen LogP contribution in [0.3, 0.4) is 0 Å². The second-order valence-corrected chi connectivity index (χ2v) is 11.4. The molecule has 0 radical (unpaired) electrons. The first-order valence-electron chi connectivity index (χ1n) is 11.3. The Bertz CT molecular complexity index is 735. The van der Waals surface area contributed by atoms with Crippen molar-refractivity contribution in [1.29, 1.82) is 0 Å². The van der Waals surface area contributed by atoms with Crippen LogP contribution in [0.15, 0.2) is 38.0 Å². The average Bonchev–Trinajstić information content (AvgIpc) is 2.70. The summed E-state index contributed by atoms with van der Waals surface area (Å²) in [5.41, 5.74) is 0. The maximum atomic E-state index is 10.6. The van der Waals surface area contributed by atoms with Crippen molar-refractivity contribution in [3.8, 4) is 0 Å². The Morgan fingerprint density at radius 2 is 0.744 bits per heavy atom. The number of esters is 3. The van der Waals surface area contributed by atoms with Crippen molar-refractivity contribution < 1.29 is 72.0 Å². The molecule has 15 heteroatoms. The highest BCUT2D eigenvalue weighted by molar-refractivity contribution is 7.79. The molecular weight excluding hydrogens is 558 g/mol. The van der Waals surface area contributed by atoms with E-state index >= 15 is 0 Å². The Kier molecular flexibility index (Phi) is 28.1. The van der Waals surface area contributed by atoms with Gasteiger partial charge in [0.15, 0.2) is 0 Å². The van der Waals surface area contributed by atoms with E-state index in [1.165, 1.54) is 18.2 Å². The quantitative estimate of drug-likeness (QED) is 0.0558. The van der Waals surface area contributed by atoms with Gasteiger partial charge in [-0.1, -0.05) is 19.7 Å². The number of carbonyl (C=O) groups excluding carboxylic acids is 3. The van der Waals surface area contributed by atoms with Crippen molar-refractivity contribution in [2.45, 2.75) is 0 Å². The minimum atomic E-state index is -5.17. The van der Waals surface area contributed by atoms with Crippen molar-refractivity contribution in [2.24, 2.45) is 0 Å². The van der Waals surface area contributed by atoms with Crippen LogP contribution in [0, 0.1) is 0 Å². The molecular formula is C24H48ClN3O10S. The molecule has 0 heterocycles. The van der Waals surface area contributed by atoms with Gasteiger partial charge >= 0.3 is 17.9 Å². The smallest absolute Gasteiger partial charge is 0.330 e. The average molecular weight is 606 g/mol. The zero-order valence-corrected chi connectivity index (χ0v) is 26.4. The van der Waals surface area contributed by atoms with Crippen molar-refractivity contribution in [3.63, 3.8) is 0 Å². The molecule has 0 aromatic carbocycles. The van der Waals surface area contributed by atoms with Crippen LogP contribution in [0.1, 0.15) is 0 Å². The zero-order valence-electron chi connectivity index (χ0n) is 24.8. The summed E-state index contributed by atoms with van der Waals surface area (Å²) in [7, 11) is 13.2. The number of likely N-dealkylation sites (N-methyl/N-ethyl adjacent to an activating group) is 3. The van der Waals surface area contributed by atoms with Crippen molar-refractivity contribution in [2.75, 3.05) is 103 Å². The molecule has 39 heavy (non-hydrogen) atoms. The van der Waals surface area contributed by atoms with Gasteiger partial charge in [0, 0.05) is 28.6 Å². The Morgan fingerprint density at radius 3 is 0.846 bits per heavy atom. The monoisotopic (exact) mass is 605 g/mol. The predicted octanol–water partition coefficient (Wildman–Crippen LogP) is -3.07. The first-order chi connectivity index (χ1) is 16.9. The maximum Gasteiger partial charge on any atom is 0.330 e. The van der Waals surface area contributed by atoms with Crippen LogP contribution in [-0.2, 0) is 39.0 Å².